The number of ether oxygens (including phenoxy) is 1. The van der Waals surface area contributed by atoms with E-state index in [1.807, 2.05) is 0 Å². The smallest absolute Gasteiger partial charge is 0.309 e. The Hall–Kier alpha value is -0.880. The van der Waals surface area contributed by atoms with Gasteiger partial charge in [-0.1, -0.05) is 19.1 Å². The molecule has 0 spiro atoms. The van der Waals surface area contributed by atoms with Crippen molar-refractivity contribution in [1.82, 2.24) is 0 Å². The van der Waals surface area contributed by atoms with Crippen molar-refractivity contribution < 1.29 is 17.9 Å². The van der Waals surface area contributed by atoms with Crippen LogP contribution in [0.1, 0.15) is 13.8 Å². The van der Waals surface area contributed by atoms with Gasteiger partial charge in [0.2, 0.25) is 0 Å². The topological polar surface area (TPSA) is 60.4 Å². The average Bonchev–Trinajstić information content (AvgIpc) is 2.29. The number of esters is 1. The second kappa shape index (κ2) is 6.33. The zero-order valence-corrected chi connectivity index (χ0v) is 12.6. The van der Waals surface area contributed by atoms with E-state index >= 15 is 0 Å². The van der Waals surface area contributed by atoms with E-state index in [0.717, 1.165) is 0 Å². The van der Waals surface area contributed by atoms with Crippen molar-refractivity contribution in [2.45, 2.75) is 18.7 Å². The monoisotopic (exact) mass is 334 g/mol. The maximum Gasteiger partial charge on any atom is 0.309 e. The highest BCUT2D eigenvalue weighted by Gasteiger charge is 2.25. The van der Waals surface area contributed by atoms with E-state index in [2.05, 4.69) is 15.9 Å². The molecule has 0 fully saturated rings. The number of sulfone groups is 1. The van der Waals surface area contributed by atoms with Gasteiger partial charge in [-0.05, 0) is 35.0 Å². The molecule has 0 aliphatic heterocycles. The predicted molar refractivity (Wildman–Crippen MR) is 72.0 cm³/mol. The lowest BCUT2D eigenvalue weighted by atomic mass is 10.2. The molecule has 1 rings (SSSR count). The summed E-state index contributed by atoms with van der Waals surface area (Å²) in [4.78, 5) is 11.6. The van der Waals surface area contributed by atoms with Gasteiger partial charge in [-0.3, -0.25) is 4.79 Å². The van der Waals surface area contributed by atoms with Crippen LogP contribution in [0.25, 0.3) is 0 Å². The molecule has 18 heavy (non-hydrogen) atoms. The third kappa shape index (κ3) is 3.81. The lowest BCUT2D eigenvalue weighted by Crippen LogP contribution is -2.23. The van der Waals surface area contributed by atoms with Crippen molar-refractivity contribution in [1.29, 1.82) is 0 Å². The van der Waals surface area contributed by atoms with E-state index in [9.17, 15) is 13.2 Å². The van der Waals surface area contributed by atoms with Crippen LogP contribution in [0.2, 0.25) is 0 Å². The van der Waals surface area contributed by atoms with Crippen LogP contribution in [-0.2, 0) is 19.4 Å². The molecule has 1 aromatic carbocycles. The lowest BCUT2D eigenvalue weighted by Gasteiger charge is -2.11. The molecule has 0 saturated heterocycles. The molecule has 0 aliphatic carbocycles. The Bertz CT molecular complexity index is 525. The minimum absolute atomic E-state index is 0.196. The molecule has 0 aliphatic rings. The van der Waals surface area contributed by atoms with Crippen molar-refractivity contribution in [3.63, 3.8) is 0 Å². The molecule has 1 unspecified atom stereocenters. The Kier molecular flexibility index (Phi) is 5.34. The number of hydrogen-bond donors (Lipinski definition) is 0. The van der Waals surface area contributed by atoms with Gasteiger partial charge in [-0.25, -0.2) is 8.42 Å². The highest BCUT2D eigenvalue weighted by atomic mass is 79.9. The number of carbonyl (C=O) groups excluding carboxylic acids is 1. The van der Waals surface area contributed by atoms with E-state index in [1.54, 1.807) is 32.0 Å². The van der Waals surface area contributed by atoms with Crippen molar-refractivity contribution in [2.75, 3.05) is 12.4 Å². The Morgan fingerprint density at radius 3 is 2.56 bits per heavy atom. The van der Waals surface area contributed by atoms with E-state index in [0.29, 0.717) is 4.47 Å². The van der Waals surface area contributed by atoms with Crippen LogP contribution >= 0.6 is 15.9 Å². The maximum absolute atomic E-state index is 12.1. The van der Waals surface area contributed by atoms with Crippen LogP contribution in [0.15, 0.2) is 33.6 Å². The predicted octanol–water partition coefficient (Wildman–Crippen LogP) is 2.42. The number of hydrogen-bond acceptors (Lipinski definition) is 4. The fourth-order valence-corrected chi connectivity index (χ4v) is 4.12. The molecule has 4 nitrogen and oxygen atoms in total. The van der Waals surface area contributed by atoms with Gasteiger partial charge in [0.05, 0.1) is 23.2 Å². The van der Waals surface area contributed by atoms with Gasteiger partial charge < -0.3 is 4.74 Å². The molecule has 1 atom stereocenters. The quantitative estimate of drug-likeness (QED) is 0.776. The van der Waals surface area contributed by atoms with Crippen LogP contribution in [0.5, 0.6) is 0 Å². The summed E-state index contributed by atoms with van der Waals surface area (Å²) in [6.45, 7) is 3.48. The first-order valence-corrected chi connectivity index (χ1v) is 7.97. The van der Waals surface area contributed by atoms with Gasteiger partial charge in [0.15, 0.2) is 9.84 Å². The molecular weight excluding hydrogens is 320 g/mol. The Morgan fingerprint density at radius 2 is 2.00 bits per heavy atom. The van der Waals surface area contributed by atoms with Crippen molar-refractivity contribution in [3.05, 3.63) is 28.7 Å². The van der Waals surface area contributed by atoms with Gasteiger partial charge in [0.25, 0.3) is 0 Å². The largest absolute Gasteiger partial charge is 0.466 e. The van der Waals surface area contributed by atoms with Crippen LogP contribution in [0.3, 0.4) is 0 Å². The molecule has 1 aromatic rings. The van der Waals surface area contributed by atoms with Crippen LogP contribution in [0.4, 0.5) is 0 Å². The van der Waals surface area contributed by atoms with Crippen molar-refractivity contribution >= 4 is 31.7 Å². The standard InChI is InChI=1S/C12H15BrO4S/c1-3-17-12(14)9(2)8-18(15,16)11-7-5-4-6-10(11)13/h4-7,9H,3,8H2,1-2H3. The molecule has 0 N–H and O–H groups in total. The lowest BCUT2D eigenvalue weighted by molar-refractivity contribution is -0.146. The summed E-state index contributed by atoms with van der Waals surface area (Å²) in [6, 6.07) is 6.55. The van der Waals surface area contributed by atoms with Gasteiger partial charge in [-0.2, -0.15) is 0 Å². The summed E-state index contributed by atoms with van der Waals surface area (Å²) in [7, 11) is -3.50. The van der Waals surface area contributed by atoms with E-state index in [4.69, 9.17) is 4.74 Å². The third-order valence-corrected chi connectivity index (χ3v) is 5.25. The highest BCUT2D eigenvalue weighted by Crippen LogP contribution is 2.23. The van der Waals surface area contributed by atoms with Gasteiger partial charge in [-0.15, -0.1) is 0 Å². The molecule has 100 valence electrons. The SMILES string of the molecule is CCOC(=O)C(C)CS(=O)(=O)c1ccccc1Br. The molecule has 0 aromatic heterocycles. The van der Waals surface area contributed by atoms with Gasteiger partial charge in [0, 0.05) is 4.47 Å². The van der Waals surface area contributed by atoms with Crippen molar-refractivity contribution in [2.24, 2.45) is 5.92 Å². The third-order valence-electron chi connectivity index (χ3n) is 2.33. The average molecular weight is 335 g/mol. The molecule has 0 bridgehead atoms. The normalized spacial score (nSPS) is 13.1. The highest BCUT2D eigenvalue weighted by molar-refractivity contribution is 9.10. The Labute approximate surface area is 115 Å². The zero-order valence-electron chi connectivity index (χ0n) is 10.2. The second-order valence-corrected chi connectivity index (χ2v) is 6.72. The summed E-state index contributed by atoms with van der Waals surface area (Å²) in [5, 5.41) is 0. The van der Waals surface area contributed by atoms with E-state index < -0.39 is 21.7 Å². The minimum atomic E-state index is -3.50. The summed E-state index contributed by atoms with van der Waals surface area (Å²) < 4.78 is 29.6. The summed E-state index contributed by atoms with van der Waals surface area (Å²) >= 11 is 3.19. The molecule has 0 amide bonds. The first-order valence-electron chi connectivity index (χ1n) is 5.52. The van der Waals surface area contributed by atoms with E-state index in [-0.39, 0.29) is 17.3 Å². The molecular formula is C12H15BrO4S. The number of rotatable bonds is 5. The maximum atomic E-state index is 12.1. The van der Waals surface area contributed by atoms with Crippen LogP contribution in [0, 0.1) is 5.92 Å². The van der Waals surface area contributed by atoms with Gasteiger partial charge >= 0.3 is 5.97 Å². The summed E-state index contributed by atoms with van der Waals surface area (Å²) in [5.74, 6) is -1.43. The summed E-state index contributed by atoms with van der Waals surface area (Å²) in [5.41, 5.74) is 0. The molecule has 0 heterocycles. The first kappa shape index (κ1) is 15.2. The first-order chi connectivity index (χ1) is 8.38. The molecule has 6 heteroatoms. The van der Waals surface area contributed by atoms with Crippen molar-refractivity contribution in [3.8, 4) is 0 Å². The second-order valence-electron chi connectivity index (χ2n) is 3.86. The number of benzene rings is 1. The Morgan fingerprint density at radius 1 is 1.39 bits per heavy atom. The Balaban J connectivity index is 2.90. The molecule has 0 radical (unpaired) electrons. The fraction of sp³-hybridized carbons (Fsp3) is 0.417. The summed E-state index contributed by atoms with van der Waals surface area (Å²) in [6.07, 6.45) is 0. The number of halogens is 1. The fourth-order valence-electron chi connectivity index (χ4n) is 1.47. The van der Waals surface area contributed by atoms with E-state index in [1.165, 1.54) is 6.07 Å². The van der Waals surface area contributed by atoms with Crippen LogP contribution in [-0.4, -0.2) is 26.7 Å². The minimum Gasteiger partial charge on any atom is -0.466 e. The van der Waals surface area contributed by atoms with Gasteiger partial charge in [0.1, 0.15) is 0 Å². The zero-order chi connectivity index (χ0) is 13.8. The number of carbonyl (C=O) groups is 1. The molecule has 0 saturated carbocycles. The van der Waals surface area contributed by atoms with Crippen LogP contribution < -0.4 is 0 Å².